The summed E-state index contributed by atoms with van der Waals surface area (Å²) in [7, 11) is 3.67. The zero-order valence-electron chi connectivity index (χ0n) is 12.1. The van der Waals surface area contributed by atoms with Crippen molar-refractivity contribution in [2.24, 2.45) is 0 Å². The van der Waals surface area contributed by atoms with Gasteiger partial charge in [-0.2, -0.15) is 0 Å². The molecule has 1 heterocycles. The number of benzene rings is 1. The Morgan fingerprint density at radius 2 is 1.90 bits per heavy atom. The van der Waals surface area contributed by atoms with E-state index in [1.165, 1.54) is 0 Å². The number of aryl methyl sites for hydroxylation is 1. The van der Waals surface area contributed by atoms with Crippen LogP contribution in [-0.2, 0) is 12.3 Å². The van der Waals surface area contributed by atoms with Crippen LogP contribution in [0.4, 0.5) is 11.5 Å². The molecule has 0 radical (unpaired) electrons. The van der Waals surface area contributed by atoms with E-state index < -0.39 is 0 Å². The van der Waals surface area contributed by atoms with Gasteiger partial charge in [0.15, 0.2) is 0 Å². The van der Waals surface area contributed by atoms with Crippen LogP contribution in [0.1, 0.15) is 18.2 Å². The highest BCUT2D eigenvalue weighted by atomic mass is 35.5. The second kappa shape index (κ2) is 6.62. The molecule has 0 aliphatic rings. The fraction of sp³-hybridized carbons (Fsp3) is 0.312. The van der Waals surface area contributed by atoms with Gasteiger partial charge >= 0.3 is 0 Å². The number of methoxy groups -OCH3 is 1. The predicted octanol–water partition coefficient (Wildman–Crippen LogP) is 4.16. The maximum atomic E-state index is 5.96. The topological polar surface area (TPSA) is 25.4 Å². The van der Waals surface area contributed by atoms with Crippen LogP contribution in [0.3, 0.4) is 0 Å². The molecule has 0 bridgehead atoms. The van der Waals surface area contributed by atoms with E-state index in [0.717, 1.165) is 34.9 Å². The molecular formula is C16H19ClN2O. The Bertz CT molecular complexity index is 547. The number of pyridine rings is 1. The van der Waals surface area contributed by atoms with E-state index in [0.29, 0.717) is 5.88 Å². The van der Waals surface area contributed by atoms with Crippen LogP contribution >= 0.6 is 11.6 Å². The lowest BCUT2D eigenvalue weighted by Crippen LogP contribution is -2.12. The number of nitrogens with zero attached hydrogens (tertiary/aromatic N) is 2. The molecule has 0 unspecified atom stereocenters. The molecule has 0 spiro atoms. The predicted molar refractivity (Wildman–Crippen MR) is 84.2 cm³/mol. The fourth-order valence-electron chi connectivity index (χ4n) is 2.00. The fourth-order valence-corrected chi connectivity index (χ4v) is 2.16. The number of ether oxygens (including phenoxy) is 1. The van der Waals surface area contributed by atoms with Crippen LogP contribution in [-0.4, -0.2) is 19.1 Å². The van der Waals surface area contributed by atoms with Crippen molar-refractivity contribution >= 4 is 23.1 Å². The first-order valence-corrected chi connectivity index (χ1v) is 7.15. The maximum Gasteiger partial charge on any atom is 0.133 e. The molecule has 0 saturated heterocycles. The van der Waals surface area contributed by atoms with Crippen LogP contribution in [0, 0.1) is 0 Å². The Balaban J connectivity index is 2.33. The van der Waals surface area contributed by atoms with E-state index in [4.69, 9.17) is 16.3 Å². The van der Waals surface area contributed by atoms with E-state index in [1.54, 1.807) is 7.11 Å². The minimum atomic E-state index is 0.499. The quantitative estimate of drug-likeness (QED) is 0.773. The summed E-state index contributed by atoms with van der Waals surface area (Å²) in [6.07, 6.45) is 0.897. The summed E-state index contributed by atoms with van der Waals surface area (Å²) >= 11 is 5.96. The summed E-state index contributed by atoms with van der Waals surface area (Å²) in [5.74, 6) is 2.25. The molecule has 0 atom stereocenters. The summed E-state index contributed by atoms with van der Waals surface area (Å²) < 4.78 is 5.18. The van der Waals surface area contributed by atoms with Gasteiger partial charge in [0.1, 0.15) is 11.6 Å². The van der Waals surface area contributed by atoms with Gasteiger partial charge in [-0.3, -0.25) is 0 Å². The van der Waals surface area contributed by atoms with Crippen LogP contribution in [0.25, 0.3) is 0 Å². The van der Waals surface area contributed by atoms with E-state index in [-0.39, 0.29) is 0 Å². The summed E-state index contributed by atoms with van der Waals surface area (Å²) in [5, 5.41) is 0. The Kier molecular flexibility index (Phi) is 4.85. The lowest BCUT2D eigenvalue weighted by atomic mass is 10.2. The smallest absolute Gasteiger partial charge is 0.133 e. The molecular weight excluding hydrogens is 272 g/mol. The number of halogens is 1. The second-order valence-electron chi connectivity index (χ2n) is 4.57. The molecule has 2 rings (SSSR count). The summed E-state index contributed by atoms with van der Waals surface area (Å²) in [5.41, 5.74) is 3.21. The van der Waals surface area contributed by atoms with Crippen LogP contribution in [0.2, 0.25) is 0 Å². The lowest BCUT2D eigenvalue weighted by molar-refractivity contribution is 0.415. The van der Waals surface area contributed by atoms with Crippen molar-refractivity contribution in [2.45, 2.75) is 19.2 Å². The van der Waals surface area contributed by atoms with Crippen molar-refractivity contribution in [1.29, 1.82) is 0 Å². The molecule has 0 aliphatic carbocycles. The molecule has 3 nitrogen and oxygen atoms in total. The molecule has 1 aromatic carbocycles. The van der Waals surface area contributed by atoms with Crippen LogP contribution in [0.5, 0.6) is 5.75 Å². The van der Waals surface area contributed by atoms with Gasteiger partial charge in [0.05, 0.1) is 7.11 Å². The van der Waals surface area contributed by atoms with E-state index in [1.807, 2.05) is 37.4 Å². The zero-order valence-corrected chi connectivity index (χ0v) is 12.8. The van der Waals surface area contributed by atoms with Gasteiger partial charge in [-0.05, 0) is 48.4 Å². The summed E-state index contributed by atoms with van der Waals surface area (Å²) in [6.45, 7) is 2.09. The standard InChI is InChI=1S/C16H19ClN2O/c1-4-13-9-12(11-17)10-16(18-13)19(2)14-5-7-15(20-3)8-6-14/h5-10H,4,11H2,1-3H3. The molecule has 1 aromatic heterocycles. The lowest BCUT2D eigenvalue weighted by Gasteiger charge is -2.20. The SMILES string of the molecule is CCc1cc(CCl)cc(N(C)c2ccc(OC)cc2)n1. The molecule has 0 saturated carbocycles. The summed E-state index contributed by atoms with van der Waals surface area (Å²) in [4.78, 5) is 6.71. The molecule has 0 fully saturated rings. The molecule has 20 heavy (non-hydrogen) atoms. The van der Waals surface area contributed by atoms with Crippen molar-refractivity contribution in [2.75, 3.05) is 19.1 Å². The van der Waals surface area contributed by atoms with Crippen molar-refractivity contribution in [3.63, 3.8) is 0 Å². The largest absolute Gasteiger partial charge is 0.497 e. The third kappa shape index (κ3) is 3.23. The molecule has 0 amide bonds. The first-order valence-electron chi connectivity index (χ1n) is 6.61. The third-order valence-corrected chi connectivity index (χ3v) is 3.55. The molecule has 106 valence electrons. The minimum absolute atomic E-state index is 0.499. The van der Waals surface area contributed by atoms with Crippen molar-refractivity contribution < 1.29 is 4.74 Å². The Morgan fingerprint density at radius 3 is 2.45 bits per heavy atom. The van der Waals surface area contributed by atoms with Gasteiger partial charge in [-0.15, -0.1) is 11.6 Å². The third-order valence-electron chi connectivity index (χ3n) is 3.24. The van der Waals surface area contributed by atoms with Gasteiger partial charge in [0.25, 0.3) is 0 Å². The first kappa shape index (κ1) is 14.7. The minimum Gasteiger partial charge on any atom is -0.497 e. The van der Waals surface area contributed by atoms with Gasteiger partial charge in [-0.1, -0.05) is 6.92 Å². The zero-order chi connectivity index (χ0) is 14.5. The van der Waals surface area contributed by atoms with Crippen molar-refractivity contribution in [1.82, 2.24) is 4.98 Å². The molecule has 0 N–H and O–H groups in total. The molecule has 4 heteroatoms. The highest BCUT2D eigenvalue weighted by Crippen LogP contribution is 2.25. The average Bonchev–Trinajstić information content (AvgIpc) is 2.53. The van der Waals surface area contributed by atoms with E-state index >= 15 is 0 Å². The Hall–Kier alpha value is -1.74. The highest BCUT2D eigenvalue weighted by Gasteiger charge is 2.08. The number of hydrogen-bond acceptors (Lipinski definition) is 3. The first-order chi connectivity index (χ1) is 9.67. The summed E-state index contributed by atoms with van der Waals surface area (Å²) in [6, 6.07) is 12.0. The number of rotatable bonds is 5. The number of anilines is 2. The van der Waals surface area contributed by atoms with Crippen LogP contribution < -0.4 is 9.64 Å². The van der Waals surface area contributed by atoms with Crippen molar-refractivity contribution in [3.05, 3.63) is 47.7 Å². The van der Waals surface area contributed by atoms with Gasteiger partial charge in [0, 0.05) is 24.3 Å². The second-order valence-corrected chi connectivity index (χ2v) is 4.84. The monoisotopic (exact) mass is 290 g/mol. The average molecular weight is 291 g/mol. The molecule has 0 aliphatic heterocycles. The van der Waals surface area contributed by atoms with Crippen molar-refractivity contribution in [3.8, 4) is 5.75 Å². The number of hydrogen-bond donors (Lipinski definition) is 0. The van der Waals surface area contributed by atoms with Gasteiger partial charge in [-0.25, -0.2) is 4.98 Å². The highest BCUT2D eigenvalue weighted by molar-refractivity contribution is 6.17. The number of alkyl halides is 1. The van der Waals surface area contributed by atoms with E-state index in [9.17, 15) is 0 Å². The Labute approximate surface area is 125 Å². The number of aromatic nitrogens is 1. The van der Waals surface area contributed by atoms with Gasteiger partial charge in [0.2, 0.25) is 0 Å². The van der Waals surface area contributed by atoms with E-state index in [2.05, 4.69) is 22.9 Å². The van der Waals surface area contributed by atoms with Gasteiger partial charge < -0.3 is 9.64 Å². The normalized spacial score (nSPS) is 10.4. The maximum absolute atomic E-state index is 5.96. The molecule has 2 aromatic rings. The van der Waals surface area contributed by atoms with Crippen LogP contribution in [0.15, 0.2) is 36.4 Å². The Morgan fingerprint density at radius 1 is 1.20 bits per heavy atom.